The Kier molecular flexibility index (Phi) is 7.29. The van der Waals surface area contributed by atoms with E-state index in [9.17, 15) is 18.0 Å². The fourth-order valence-corrected chi connectivity index (χ4v) is 5.42. The van der Waals surface area contributed by atoms with Crippen molar-refractivity contribution in [2.45, 2.75) is 44.5 Å². The van der Waals surface area contributed by atoms with Gasteiger partial charge in [0.25, 0.3) is 0 Å². The van der Waals surface area contributed by atoms with E-state index in [0.717, 1.165) is 35.8 Å². The number of ether oxygens (including phenoxy) is 2. The number of amides is 1. The van der Waals surface area contributed by atoms with Gasteiger partial charge >= 0.3 is 6.18 Å². The average molecular weight is 566 g/mol. The van der Waals surface area contributed by atoms with Gasteiger partial charge in [0.1, 0.15) is 29.4 Å². The number of likely N-dealkylation sites (tertiary alicyclic amines) is 1. The summed E-state index contributed by atoms with van der Waals surface area (Å²) in [5.41, 5.74) is 2.23. The van der Waals surface area contributed by atoms with Gasteiger partial charge in [0.05, 0.1) is 12.0 Å². The third kappa shape index (κ3) is 6.00. The Balaban J connectivity index is 1.14. The number of piperidine rings is 1. The summed E-state index contributed by atoms with van der Waals surface area (Å²) in [5, 5.41) is 4.14. The summed E-state index contributed by atoms with van der Waals surface area (Å²) in [7, 11) is 1.98. The molecule has 214 valence electrons. The molecule has 2 aliphatic rings. The van der Waals surface area contributed by atoms with Crippen LogP contribution in [0.1, 0.15) is 35.1 Å². The second kappa shape index (κ2) is 11.0. The van der Waals surface area contributed by atoms with Gasteiger partial charge in [-0.3, -0.25) is 4.79 Å². The van der Waals surface area contributed by atoms with Crippen molar-refractivity contribution >= 4 is 11.4 Å². The molecule has 4 aromatic rings. The van der Waals surface area contributed by atoms with Crippen molar-refractivity contribution < 1.29 is 27.4 Å². The largest absolute Gasteiger partial charge is 0.490 e. The van der Waals surface area contributed by atoms with Gasteiger partial charge in [-0.15, -0.1) is 0 Å². The number of alkyl halides is 3. The fraction of sp³-hybridized carbons (Fsp3) is 0.367. The van der Waals surface area contributed by atoms with Crippen molar-refractivity contribution in [1.29, 1.82) is 0 Å². The van der Waals surface area contributed by atoms with Crippen LogP contribution in [0.4, 0.5) is 13.2 Å². The van der Waals surface area contributed by atoms with Gasteiger partial charge in [-0.25, -0.2) is 4.52 Å². The molecule has 8 nitrogen and oxygen atoms in total. The Morgan fingerprint density at radius 2 is 1.88 bits per heavy atom. The molecule has 1 fully saturated rings. The molecule has 2 aliphatic heterocycles. The van der Waals surface area contributed by atoms with Gasteiger partial charge in [-0.2, -0.15) is 23.3 Å². The van der Waals surface area contributed by atoms with Gasteiger partial charge in [0.15, 0.2) is 0 Å². The summed E-state index contributed by atoms with van der Waals surface area (Å²) >= 11 is 0. The molecular weight excluding hydrogens is 535 g/mol. The van der Waals surface area contributed by atoms with Crippen molar-refractivity contribution in [1.82, 2.24) is 24.4 Å². The van der Waals surface area contributed by atoms with Crippen LogP contribution in [0.3, 0.4) is 0 Å². The summed E-state index contributed by atoms with van der Waals surface area (Å²) < 4.78 is 55.4. The number of hydrogen-bond acceptors (Lipinski definition) is 6. The van der Waals surface area contributed by atoms with E-state index in [1.165, 1.54) is 12.4 Å². The second-order valence-electron chi connectivity index (χ2n) is 10.6. The van der Waals surface area contributed by atoms with Gasteiger partial charge in [0.2, 0.25) is 11.8 Å². The zero-order valence-electron chi connectivity index (χ0n) is 22.6. The number of hydrogen-bond donors (Lipinski definition) is 0. The summed E-state index contributed by atoms with van der Waals surface area (Å²) in [4.78, 5) is 21.3. The van der Waals surface area contributed by atoms with Crippen molar-refractivity contribution in [3.63, 3.8) is 0 Å². The molecule has 0 unspecified atom stereocenters. The Labute approximate surface area is 235 Å². The van der Waals surface area contributed by atoms with E-state index < -0.39 is 11.7 Å². The first kappa shape index (κ1) is 27.1. The lowest BCUT2D eigenvalue weighted by molar-refractivity contribution is -0.139. The van der Waals surface area contributed by atoms with E-state index in [1.807, 2.05) is 37.4 Å². The number of carbonyl (C=O) groups excluding carboxylic acids is 1. The van der Waals surface area contributed by atoms with Crippen LogP contribution in [-0.4, -0.2) is 63.1 Å². The number of fused-ring (bicyclic) bond motifs is 2. The van der Waals surface area contributed by atoms with Crippen molar-refractivity contribution in [2.24, 2.45) is 0 Å². The lowest BCUT2D eigenvalue weighted by atomic mass is 9.98. The summed E-state index contributed by atoms with van der Waals surface area (Å²) in [5.74, 6) is 0.584. The standard InChI is InChI=1S/C30H30F3N5O3/c1-36-12-9-23(10-13-36)40-27-7-4-20(15-25(27)30(31,32)33)16-28(39)37-14-8-21-5-6-24(17-22(21)18-37)41-29-26-3-2-11-38(26)35-19-34-29/h2-7,11,15,17,19,23H,8-10,12-14,16,18H2,1H3. The quantitative estimate of drug-likeness (QED) is 0.323. The van der Waals surface area contributed by atoms with Crippen molar-refractivity contribution in [2.75, 3.05) is 26.7 Å². The summed E-state index contributed by atoms with van der Waals surface area (Å²) in [6, 6.07) is 13.4. The van der Waals surface area contributed by atoms with E-state index in [4.69, 9.17) is 9.47 Å². The smallest absolute Gasteiger partial charge is 0.419 e. The van der Waals surface area contributed by atoms with Crippen LogP contribution in [0.15, 0.2) is 61.1 Å². The lowest BCUT2D eigenvalue weighted by Crippen LogP contribution is -2.37. The molecule has 0 saturated carbocycles. The van der Waals surface area contributed by atoms with E-state index in [0.29, 0.717) is 49.5 Å². The summed E-state index contributed by atoms with van der Waals surface area (Å²) in [6.45, 7) is 2.40. The van der Waals surface area contributed by atoms with E-state index in [1.54, 1.807) is 21.7 Å². The predicted octanol–water partition coefficient (Wildman–Crippen LogP) is 5.14. The highest BCUT2D eigenvalue weighted by Crippen LogP contribution is 2.38. The molecule has 1 saturated heterocycles. The Bertz CT molecular complexity index is 1560. The molecule has 11 heteroatoms. The SMILES string of the molecule is CN1CCC(Oc2ccc(CC(=O)N3CCc4ccc(Oc5ncnn6cccc56)cc4C3)cc2C(F)(F)F)CC1. The molecule has 41 heavy (non-hydrogen) atoms. The number of aromatic nitrogens is 3. The average Bonchev–Trinajstić information content (AvgIpc) is 3.44. The molecule has 0 aliphatic carbocycles. The number of rotatable bonds is 6. The van der Waals surface area contributed by atoms with E-state index in [-0.39, 0.29) is 24.2 Å². The number of nitrogens with zero attached hydrogens (tertiary/aromatic N) is 5. The van der Waals surface area contributed by atoms with E-state index in [2.05, 4.69) is 15.0 Å². The molecule has 0 bridgehead atoms. The normalized spacial score (nSPS) is 16.5. The van der Waals surface area contributed by atoms with Crippen LogP contribution in [0.2, 0.25) is 0 Å². The molecule has 0 N–H and O–H groups in total. The molecule has 6 rings (SSSR count). The zero-order chi connectivity index (χ0) is 28.6. The van der Waals surface area contributed by atoms with Gasteiger partial charge in [-0.1, -0.05) is 12.1 Å². The number of carbonyl (C=O) groups is 1. The van der Waals surface area contributed by atoms with Crippen LogP contribution in [0, 0.1) is 0 Å². The zero-order valence-corrected chi connectivity index (χ0v) is 22.6. The van der Waals surface area contributed by atoms with E-state index >= 15 is 0 Å². The molecule has 1 amide bonds. The molecule has 0 atom stereocenters. The third-order valence-electron chi connectivity index (χ3n) is 7.72. The van der Waals surface area contributed by atoms with Gasteiger partial charge in [-0.05, 0) is 79.4 Å². The minimum Gasteiger partial charge on any atom is -0.490 e. The maximum atomic E-state index is 14.0. The van der Waals surface area contributed by atoms with Gasteiger partial charge < -0.3 is 19.3 Å². The summed E-state index contributed by atoms with van der Waals surface area (Å²) in [6.07, 6.45) is 0.236. The first-order valence-electron chi connectivity index (χ1n) is 13.6. The predicted molar refractivity (Wildman–Crippen MR) is 145 cm³/mol. The molecule has 4 heterocycles. The Morgan fingerprint density at radius 1 is 1.05 bits per heavy atom. The highest BCUT2D eigenvalue weighted by atomic mass is 19.4. The van der Waals surface area contributed by atoms with Crippen LogP contribution < -0.4 is 9.47 Å². The Morgan fingerprint density at radius 3 is 2.68 bits per heavy atom. The van der Waals surface area contributed by atoms with Crippen LogP contribution >= 0.6 is 0 Å². The third-order valence-corrected chi connectivity index (χ3v) is 7.72. The maximum absolute atomic E-state index is 14.0. The van der Waals surface area contributed by atoms with Gasteiger partial charge in [0, 0.05) is 32.4 Å². The second-order valence-corrected chi connectivity index (χ2v) is 10.6. The highest BCUT2D eigenvalue weighted by molar-refractivity contribution is 5.79. The Hall–Kier alpha value is -4.12. The molecule has 2 aromatic carbocycles. The maximum Gasteiger partial charge on any atom is 0.419 e. The number of benzene rings is 2. The van der Waals surface area contributed by atoms with Crippen molar-refractivity contribution in [3.05, 3.63) is 83.3 Å². The molecule has 0 radical (unpaired) electrons. The topological polar surface area (TPSA) is 72.2 Å². The molecule has 0 spiro atoms. The number of halogens is 3. The first-order chi connectivity index (χ1) is 19.7. The lowest BCUT2D eigenvalue weighted by Gasteiger charge is -2.30. The van der Waals surface area contributed by atoms with Crippen LogP contribution in [0.5, 0.6) is 17.4 Å². The van der Waals surface area contributed by atoms with Crippen LogP contribution in [0.25, 0.3) is 5.52 Å². The molecular formula is C30H30F3N5O3. The highest BCUT2D eigenvalue weighted by Gasteiger charge is 2.36. The van der Waals surface area contributed by atoms with Crippen LogP contribution in [-0.2, 0) is 30.4 Å². The minimum atomic E-state index is -4.59. The first-order valence-corrected chi connectivity index (χ1v) is 13.6. The van der Waals surface area contributed by atoms with Crippen molar-refractivity contribution in [3.8, 4) is 17.4 Å². The monoisotopic (exact) mass is 565 g/mol. The molecule has 2 aromatic heterocycles. The fourth-order valence-electron chi connectivity index (χ4n) is 5.42. The minimum absolute atomic E-state index is 0.129.